The molecule has 0 spiro atoms. The van der Waals surface area contributed by atoms with Gasteiger partial charge < -0.3 is 14.4 Å². The molecular formula is C27H25N3O4S. The number of hydrogen-bond acceptors (Lipinski definition) is 6. The molecule has 0 saturated heterocycles. The van der Waals surface area contributed by atoms with E-state index in [9.17, 15) is 9.59 Å². The molecule has 0 aliphatic carbocycles. The van der Waals surface area contributed by atoms with E-state index in [1.54, 1.807) is 24.9 Å². The van der Waals surface area contributed by atoms with Gasteiger partial charge in [-0.05, 0) is 53.9 Å². The van der Waals surface area contributed by atoms with Gasteiger partial charge in [0.25, 0.3) is 5.56 Å². The van der Waals surface area contributed by atoms with E-state index in [1.165, 1.54) is 11.8 Å². The van der Waals surface area contributed by atoms with Gasteiger partial charge in [-0.15, -0.1) is 0 Å². The van der Waals surface area contributed by atoms with Gasteiger partial charge in [-0.25, -0.2) is 4.98 Å². The van der Waals surface area contributed by atoms with Crippen LogP contribution in [0.2, 0.25) is 0 Å². The predicted molar refractivity (Wildman–Crippen MR) is 137 cm³/mol. The number of amides is 1. The van der Waals surface area contributed by atoms with Crippen molar-refractivity contribution in [2.24, 2.45) is 0 Å². The van der Waals surface area contributed by atoms with Crippen LogP contribution < -0.4 is 15.0 Å². The maximum atomic E-state index is 13.3. The molecular weight excluding hydrogens is 462 g/mol. The Morgan fingerprint density at radius 3 is 2.40 bits per heavy atom. The molecule has 0 N–H and O–H groups in total. The highest BCUT2D eigenvalue weighted by Gasteiger charge is 2.24. The van der Waals surface area contributed by atoms with E-state index in [2.05, 4.69) is 0 Å². The molecule has 8 heteroatoms. The number of hydrogen-bond donors (Lipinski definition) is 0. The van der Waals surface area contributed by atoms with Crippen LogP contribution in [-0.4, -0.2) is 46.9 Å². The second kappa shape index (κ2) is 9.84. The average Bonchev–Trinajstić information content (AvgIpc) is 2.91. The molecule has 178 valence electrons. The van der Waals surface area contributed by atoms with Crippen molar-refractivity contribution in [2.75, 3.05) is 26.5 Å². The number of rotatable bonds is 6. The lowest BCUT2D eigenvalue weighted by atomic mass is 9.99. The smallest absolute Gasteiger partial charge is 0.266 e. The molecule has 1 amide bonds. The second-order valence-corrected chi connectivity index (χ2v) is 9.16. The lowest BCUT2D eigenvalue weighted by Crippen LogP contribution is -2.37. The molecule has 5 rings (SSSR count). The third-order valence-corrected chi connectivity index (χ3v) is 7.08. The molecule has 35 heavy (non-hydrogen) atoms. The highest BCUT2D eigenvalue weighted by Crippen LogP contribution is 2.33. The molecule has 2 heterocycles. The van der Waals surface area contributed by atoms with E-state index in [0.29, 0.717) is 40.6 Å². The lowest BCUT2D eigenvalue weighted by Gasteiger charge is -2.29. The maximum absolute atomic E-state index is 13.3. The van der Waals surface area contributed by atoms with Crippen LogP contribution >= 0.6 is 11.8 Å². The summed E-state index contributed by atoms with van der Waals surface area (Å²) in [6.45, 7) is 1.13. The minimum atomic E-state index is -0.148. The lowest BCUT2D eigenvalue weighted by molar-refractivity contribution is -0.129. The first-order valence-electron chi connectivity index (χ1n) is 11.3. The molecule has 0 radical (unpaired) electrons. The summed E-state index contributed by atoms with van der Waals surface area (Å²) in [7, 11) is 3.23. The van der Waals surface area contributed by atoms with Crippen LogP contribution in [0, 0.1) is 0 Å². The van der Waals surface area contributed by atoms with Crippen LogP contribution in [0.4, 0.5) is 0 Å². The fraction of sp³-hybridized carbons (Fsp3) is 0.222. The van der Waals surface area contributed by atoms with Crippen molar-refractivity contribution in [2.45, 2.75) is 18.1 Å². The van der Waals surface area contributed by atoms with Crippen LogP contribution in [0.15, 0.2) is 76.7 Å². The Kier molecular flexibility index (Phi) is 6.46. The maximum Gasteiger partial charge on any atom is 0.266 e. The van der Waals surface area contributed by atoms with Crippen LogP contribution in [0.25, 0.3) is 16.6 Å². The minimum Gasteiger partial charge on any atom is -0.493 e. The summed E-state index contributed by atoms with van der Waals surface area (Å²) in [5, 5.41) is 1.04. The fourth-order valence-corrected chi connectivity index (χ4v) is 5.24. The summed E-state index contributed by atoms with van der Waals surface area (Å²) in [5.74, 6) is 1.53. The number of carbonyl (C=O) groups excluding carboxylic acids is 1. The number of benzene rings is 3. The number of methoxy groups -OCH3 is 2. The highest BCUT2D eigenvalue weighted by atomic mass is 32.2. The Balaban J connectivity index is 1.40. The number of carbonyl (C=O) groups is 1. The van der Waals surface area contributed by atoms with Crippen LogP contribution in [0.1, 0.15) is 11.1 Å². The van der Waals surface area contributed by atoms with Gasteiger partial charge in [0.1, 0.15) is 0 Å². The summed E-state index contributed by atoms with van der Waals surface area (Å²) < 4.78 is 12.4. The molecule has 1 aliphatic heterocycles. The van der Waals surface area contributed by atoms with Gasteiger partial charge >= 0.3 is 0 Å². The average molecular weight is 488 g/mol. The predicted octanol–water partition coefficient (Wildman–Crippen LogP) is 4.08. The number of para-hydroxylation sites is 2. The molecule has 0 fully saturated rings. The SMILES string of the molecule is COc1cc2c(cc1OC)CN(C(=O)CSc1nc3ccccc3c(=O)n1-c1ccccc1)CC2. The molecule has 7 nitrogen and oxygen atoms in total. The number of aromatic nitrogens is 2. The first-order valence-corrected chi connectivity index (χ1v) is 12.3. The van der Waals surface area contributed by atoms with E-state index in [0.717, 1.165) is 23.2 Å². The van der Waals surface area contributed by atoms with Crippen LogP contribution in [-0.2, 0) is 17.8 Å². The quantitative estimate of drug-likeness (QED) is 0.301. The van der Waals surface area contributed by atoms with E-state index in [-0.39, 0.29) is 17.2 Å². The van der Waals surface area contributed by atoms with Gasteiger partial charge in [0.05, 0.1) is 36.6 Å². The largest absolute Gasteiger partial charge is 0.493 e. The normalized spacial score (nSPS) is 12.9. The van der Waals surface area contributed by atoms with Gasteiger partial charge in [0, 0.05) is 13.1 Å². The van der Waals surface area contributed by atoms with Crippen molar-refractivity contribution < 1.29 is 14.3 Å². The molecule has 4 aromatic rings. The Morgan fingerprint density at radius 2 is 1.66 bits per heavy atom. The zero-order chi connectivity index (χ0) is 24.4. The Bertz CT molecular complexity index is 1450. The van der Waals surface area contributed by atoms with Crippen molar-refractivity contribution in [1.82, 2.24) is 14.5 Å². The van der Waals surface area contributed by atoms with E-state index in [1.807, 2.05) is 65.6 Å². The molecule has 0 atom stereocenters. The topological polar surface area (TPSA) is 73.7 Å². The number of thioether (sulfide) groups is 1. The van der Waals surface area contributed by atoms with E-state index < -0.39 is 0 Å². The number of nitrogens with zero attached hydrogens (tertiary/aromatic N) is 3. The van der Waals surface area contributed by atoms with Gasteiger partial charge in [-0.1, -0.05) is 42.1 Å². The summed E-state index contributed by atoms with van der Waals surface area (Å²) in [6, 6.07) is 20.6. The van der Waals surface area contributed by atoms with Crippen LogP contribution in [0.3, 0.4) is 0 Å². The molecule has 1 aromatic heterocycles. The minimum absolute atomic E-state index is 0.00236. The third-order valence-electron chi connectivity index (χ3n) is 6.15. The Labute approximate surface area is 207 Å². The first kappa shape index (κ1) is 23.0. The van der Waals surface area contributed by atoms with Crippen molar-refractivity contribution in [3.05, 3.63) is 88.2 Å². The molecule has 0 saturated carbocycles. The Morgan fingerprint density at radius 1 is 0.971 bits per heavy atom. The van der Waals surface area contributed by atoms with Crippen molar-refractivity contribution in [3.63, 3.8) is 0 Å². The van der Waals surface area contributed by atoms with E-state index >= 15 is 0 Å². The summed E-state index contributed by atoms with van der Waals surface area (Å²) in [5.41, 5.74) is 3.40. The van der Waals surface area contributed by atoms with Crippen molar-refractivity contribution in [3.8, 4) is 17.2 Å². The number of fused-ring (bicyclic) bond motifs is 2. The monoisotopic (exact) mass is 487 g/mol. The second-order valence-electron chi connectivity index (χ2n) is 8.22. The molecule has 1 aliphatic rings. The fourth-order valence-electron chi connectivity index (χ4n) is 4.33. The zero-order valence-electron chi connectivity index (χ0n) is 19.6. The number of ether oxygens (including phenoxy) is 2. The standard InChI is InChI=1S/C27H25N3O4S/c1-33-23-14-18-12-13-29(16-19(18)15-24(23)34-2)25(31)17-35-27-28-22-11-7-6-10-21(22)26(32)30(27)20-8-4-3-5-9-20/h3-11,14-15H,12-13,16-17H2,1-2H3. The van der Waals surface area contributed by atoms with Crippen LogP contribution in [0.5, 0.6) is 11.5 Å². The van der Waals surface area contributed by atoms with Gasteiger partial charge in [0.15, 0.2) is 16.7 Å². The molecule has 0 unspecified atom stereocenters. The highest BCUT2D eigenvalue weighted by molar-refractivity contribution is 7.99. The van der Waals surface area contributed by atoms with Gasteiger partial charge in [-0.3, -0.25) is 14.2 Å². The molecule has 3 aromatic carbocycles. The van der Waals surface area contributed by atoms with E-state index in [4.69, 9.17) is 14.5 Å². The zero-order valence-corrected chi connectivity index (χ0v) is 20.4. The summed E-state index contributed by atoms with van der Waals surface area (Å²) in [4.78, 5) is 33.1. The Hall–Kier alpha value is -3.78. The van der Waals surface area contributed by atoms with Gasteiger partial charge in [0.2, 0.25) is 5.91 Å². The summed E-state index contributed by atoms with van der Waals surface area (Å²) >= 11 is 1.28. The third kappa shape index (κ3) is 4.49. The first-order chi connectivity index (χ1) is 17.1. The van der Waals surface area contributed by atoms with Gasteiger partial charge in [-0.2, -0.15) is 0 Å². The molecule has 0 bridgehead atoms. The van der Waals surface area contributed by atoms with Crippen molar-refractivity contribution >= 4 is 28.6 Å². The van der Waals surface area contributed by atoms with Crippen molar-refractivity contribution in [1.29, 1.82) is 0 Å². The summed E-state index contributed by atoms with van der Waals surface area (Å²) in [6.07, 6.45) is 0.745.